The van der Waals surface area contributed by atoms with Crippen LogP contribution in [0.1, 0.15) is 38.1 Å². The number of fused-ring (bicyclic) bond motifs is 1. The van der Waals surface area contributed by atoms with Crippen LogP contribution in [0.3, 0.4) is 0 Å². The van der Waals surface area contributed by atoms with Crippen molar-refractivity contribution in [3.05, 3.63) is 24.0 Å². The number of primary amides is 1. The number of hydrogen-bond donors (Lipinski definition) is 1. The van der Waals surface area contributed by atoms with E-state index < -0.39 is 6.09 Å². The Balaban J connectivity index is 2.07. The molecule has 1 amide bonds. The lowest BCUT2D eigenvalue weighted by atomic mass is 10.2. The summed E-state index contributed by atoms with van der Waals surface area (Å²) in [5, 5.41) is 0. The van der Waals surface area contributed by atoms with Crippen molar-refractivity contribution < 1.29 is 14.3 Å². The molecule has 2 aromatic rings. The second-order valence-corrected chi connectivity index (χ2v) is 6.35. The number of imidazole rings is 1. The first-order valence-corrected chi connectivity index (χ1v) is 8.85. The molecule has 1 atom stereocenters. The Kier molecular flexibility index (Phi) is 5.55. The van der Waals surface area contributed by atoms with Gasteiger partial charge in [0.05, 0.1) is 18.2 Å². The average molecular weight is 346 g/mol. The number of benzene rings is 1. The molecule has 0 aliphatic carbocycles. The van der Waals surface area contributed by atoms with Crippen molar-refractivity contribution in [1.29, 1.82) is 0 Å². The van der Waals surface area contributed by atoms with Gasteiger partial charge in [-0.15, -0.1) is 0 Å². The monoisotopic (exact) mass is 346 g/mol. The molecule has 0 saturated carbocycles. The number of para-hydroxylation sites is 1. The summed E-state index contributed by atoms with van der Waals surface area (Å²) in [7, 11) is 1.69. The number of amides is 1. The maximum absolute atomic E-state index is 11.2. The van der Waals surface area contributed by atoms with Gasteiger partial charge in [0.2, 0.25) is 0 Å². The van der Waals surface area contributed by atoms with E-state index in [0.29, 0.717) is 24.4 Å². The molecule has 136 valence electrons. The summed E-state index contributed by atoms with van der Waals surface area (Å²) in [6, 6.07) is 5.86. The van der Waals surface area contributed by atoms with Gasteiger partial charge in [0.15, 0.2) is 5.75 Å². The van der Waals surface area contributed by atoms with E-state index in [-0.39, 0.29) is 6.04 Å². The number of methoxy groups -OCH3 is 1. The molecule has 2 N–H and O–H groups in total. The van der Waals surface area contributed by atoms with Crippen LogP contribution in [0.4, 0.5) is 4.79 Å². The molecule has 25 heavy (non-hydrogen) atoms. The summed E-state index contributed by atoms with van der Waals surface area (Å²) in [5.41, 5.74) is 6.82. The molecule has 1 aromatic heterocycles. The van der Waals surface area contributed by atoms with E-state index in [1.54, 1.807) is 13.2 Å². The van der Waals surface area contributed by atoms with Crippen LogP contribution in [0.15, 0.2) is 18.2 Å². The van der Waals surface area contributed by atoms with Gasteiger partial charge in [-0.1, -0.05) is 13.0 Å². The van der Waals surface area contributed by atoms with Crippen molar-refractivity contribution in [3.8, 4) is 5.75 Å². The third kappa shape index (κ3) is 3.62. The molecule has 1 fully saturated rings. The Bertz CT molecular complexity index is 743. The molecule has 2 heterocycles. The van der Waals surface area contributed by atoms with E-state index in [2.05, 4.69) is 16.4 Å². The van der Waals surface area contributed by atoms with Crippen molar-refractivity contribution in [2.75, 3.05) is 26.8 Å². The summed E-state index contributed by atoms with van der Waals surface area (Å²) >= 11 is 0. The molecule has 1 unspecified atom stereocenters. The van der Waals surface area contributed by atoms with Crippen LogP contribution in [0.25, 0.3) is 11.0 Å². The summed E-state index contributed by atoms with van der Waals surface area (Å²) in [5.74, 6) is 1.42. The van der Waals surface area contributed by atoms with Crippen molar-refractivity contribution >= 4 is 17.1 Å². The zero-order chi connectivity index (χ0) is 17.8. The number of aromatic nitrogens is 2. The molecule has 1 aliphatic heterocycles. The van der Waals surface area contributed by atoms with Crippen molar-refractivity contribution in [1.82, 2.24) is 14.5 Å². The minimum atomic E-state index is -0.825. The second-order valence-electron chi connectivity index (χ2n) is 6.35. The number of ether oxygens (including phenoxy) is 2. The molecule has 1 saturated heterocycles. The highest BCUT2D eigenvalue weighted by molar-refractivity contribution is 5.85. The van der Waals surface area contributed by atoms with Crippen molar-refractivity contribution in [2.45, 2.75) is 38.8 Å². The van der Waals surface area contributed by atoms with Crippen LogP contribution in [0.5, 0.6) is 5.75 Å². The Morgan fingerprint density at radius 1 is 1.40 bits per heavy atom. The fourth-order valence-electron chi connectivity index (χ4n) is 3.68. The maximum atomic E-state index is 11.2. The molecule has 0 radical (unpaired) electrons. The smallest absolute Gasteiger partial charge is 0.408 e. The van der Waals surface area contributed by atoms with Crippen molar-refractivity contribution in [2.24, 2.45) is 5.73 Å². The fraction of sp³-hybridized carbons (Fsp3) is 0.556. The van der Waals surface area contributed by atoms with Gasteiger partial charge < -0.3 is 19.8 Å². The lowest BCUT2D eigenvalue weighted by Crippen LogP contribution is -2.26. The lowest BCUT2D eigenvalue weighted by Gasteiger charge is -2.24. The van der Waals surface area contributed by atoms with E-state index in [1.807, 2.05) is 12.1 Å². The largest absolute Gasteiger partial charge is 0.410 e. The summed E-state index contributed by atoms with van der Waals surface area (Å²) in [4.78, 5) is 18.6. The number of carbonyl (C=O) groups is 1. The third-order valence-corrected chi connectivity index (χ3v) is 4.67. The van der Waals surface area contributed by atoms with Gasteiger partial charge in [0, 0.05) is 13.7 Å². The highest BCUT2D eigenvalue weighted by Crippen LogP contribution is 2.35. The van der Waals surface area contributed by atoms with Gasteiger partial charge in [-0.2, -0.15) is 0 Å². The number of nitrogens with two attached hydrogens (primary N) is 1. The molecule has 7 nitrogen and oxygen atoms in total. The number of hydrogen-bond acceptors (Lipinski definition) is 5. The standard InChI is InChI=1S/C18H26N4O3/c1-3-9-21-10-5-7-14(21)17-20-16-13(22(17)11-12-24-2)6-4-8-15(16)25-18(19)23/h4,6,8,14H,3,5,7,9-12H2,1-2H3,(H2,19,23). The molecule has 1 aromatic carbocycles. The highest BCUT2D eigenvalue weighted by atomic mass is 16.5. The van der Waals surface area contributed by atoms with Gasteiger partial charge >= 0.3 is 6.09 Å². The van der Waals surface area contributed by atoms with E-state index in [1.165, 1.54) is 6.42 Å². The first-order valence-electron chi connectivity index (χ1n) is 8.85. The lowest BCUT2D eigenvalue weighted by molar-refractivity contribution is 0.183. The number of carbonyl (C=O) groups excluding carboxylic acids is 1. The van der Waals surface area contributed by atoms with Crippen LogP contribution >= 0.6 is 0 Å². The molecular formula is C18H26N4O3. The Morgan fingerprint density at radius 3 is 2.96 bits per heavy atom. The summed E-state index contributed by atoms with van der Waals surface area (Å²) in [6.45, 7) is 5.65. The first kappa shape index (κ1) is 17.7. The van der Waals surface area contributed by atoms with Gasteiger partial charge in [0.1, 0.15) is 11.3 Å². The normalized spacial score (nSPS) is 18.1. The highest BCUT2D eigenvalue weighted by Gasteiger charge is 2.30. The molecular weight excluding hydrogens is 320 g/mol. The topological polar surface area (TPSA) is 82.6 Å². The van der Waals surface area contributed by atoms with Crippen LogP contribution in [0.2, 0.25) is 0 Å². The predicted molar refractivity (Wildman–Crippen MR) is 95.7 cm³/mol. The van der Waals surface area contributed by atoms with Gasteiger partial charge in [-0.25, -0.2) is 9.78 Å². The van der Waals surface area contributed by atoms with Crippen LogP contribution in [-0.4, -0.2) is 47.4 Å². The molecule has 7 heteroatoms. The van der Waals surface area contributed by atoms with Crippen molar-refractivity contribution in [3.63, 3.8) is 0 Å². The zero-order valence-corrected chi connectivity index (χ0v) is 14.9. The van der Waals surface area contributed by atoms with E-state index in [9.17, 15) is 4.79 Å². The Labute approximate surface area is 147 Å². The summed E-state index contributed by atoms with van der Waals surface area (Å²) in [6.07, 6.45) is 2.55. The summed E-state index contributed by atoms with van der Waals surface area (Å²) < 4.78 is 12.6. The van der Waals surface area contributed by atoms with E-state index in [4.69, 9.17) is 20.2 Å². The number of likely N-dealkylation sites (tertiary alicyclic amines) is 1. The molecule has 0 bridgehead atoms. The van der Waals surface area contributed by atoms with E-state index >= 15 is 0 Å². The average Bonchev–Trinajstić information content (AvgIpc) is 3.17. The molecule has 1 aliphatic rings. The van der Waals surface area contributed by atoms with Crippen LogP contribution in [-0.2, 0) is 11.3 Å². The number of rotatable bonds is 7. The Morgan fingerprint density at radius 2 is 2.24 bits per heavy atom. The second kappa shape index (κ2) is 7.84. The molecule has 3 rings (SSSR count). The fourth-order valence-corrected chi connectivity index (χ4v) is 3.68. The minimum absolute atomic E-state index is 0.283. The molecule has 0 spiro atoms. The number of nitrogens with zero attached hydrogens (tertiary/aromatic N) is 3. The first-order chi connectivity index (χ1) is 12.2. The van der Waals surface area contributed by atoms with E-state index in [0.717, 1.165) is 37.3 Å². The van der Waals surface area contributed by atoms with Crippen LogP contribution < -0.4 is 10.5 Å². The maximum Gasteiger partial charge on any atom is 0.410 e. The zero-order valence-electron chi connectivity index (χ0n) is 14.9. The SMILES string of the molecule is CCCN1CCCC1c1nc2c(OC(N)=O)cccc2n1CCOC. The Hall–Kier alpha value is -2.12. The van der Waals surface area contributed by atoms with Crippen LogP contribution in [0, 0.1) is 0 Å². The minimum Gasteiger partial charge on any atom is -0.408 e. The van der Waals surface area contributed by atoms with Gasteiger partial charge in [0.25, 0.3) is 0 Å². The van der Waals surface area contributed by atoms with Gasteiger partial charge in [-0.05, 0) is 44.5 Å². The quantitative estimate of drug-likeness (QED) is 0.833. The predicted octanol–water partition coefficient (Wildman–Crippen LogP) is 2.69. The third-order valence-electron chi connectivity index (χ3n) is 4.67. The van der Waals surface area contributed by atoms with Gasteiger partial charge in [-0.3, -0.25) is 4.90 Å².